The maximum absolute atomic E-state index is 12.4. The molecule has 2 heterocycles. The first kappa shape index (κ1) is 30.1. The third kappa shape index (κ3) is 6.94. The van der Waals surface area contributed by atoms with Crippen molar-refractivity contribution in [3.63, 3.8) is 0 Å². The van der Waals surface area contributed by atoms with Crippen LogP contribution < -0.4 is 14.9 Å². The van der Waals surface area contributed by atoms with Gasteiger partial charge in [0.2, 0.25) is 0 Å². The number of benzene rings is 1. The average Bonchev–Trinajstić information content (AvgIpc) is 3.09. The second-order valence-corrected chi connectivity index (χ2v) is 12.3. The molecular formula is C24H29ClN3O8PS. The van der Waals surface area contributed by atoms with E-state index >= 15 is 0 Å². The van der Waals surface area contributed by atoms with Crippen LogP contribution in [-0.4, -0.2) is 69.8 Å². The fourth-order valence-electron chi connectivity index (χ4n) is 3.56. The van der Waals surface area contributed by atoms with Gasteiger partial charge in [-0.1, -0.05) is 24.1 Å². The molecule has 2 aliphatic rings. The molecule has 11 nitrogen and oxygen atoms in total. The van der Waals surface area contributed by atoms with E-state index in [1.165, 1.54) is 24.1 Å². The molecule has 4 N–H and O–H groups in total. The number of amides is 1. The van der Waals surface area contributed by atoms with E-state index in [1.807, 2.05) is 0 Å². The van der Waals surface area contributed by atoms with Gasteiger partial charge >= 0.3 is 12.6 Å². The van der Waals surface area contributed by atoms with Crippen LogP contribution in [-0.2, 0) is 35.4 Å². The topological polar surface area (TPSA) is 139 Å². The Labute approximate surface area is 230 Å². The van der Waals surface area contributed by atoms with E-state index in [9.17, 15) is 19.8 Å². The number of nitrogens with one attached hydrogen (secondary N) is 2. The first-order valence-corrected chi connectivity index (χ1v) is 14.5. The summed E-state index contributed by atoms with van der Waals surface area (Å²) in [4.78, 5) is 25.3. The minimum Gasteiger partial charge on any atom is -0.462 e. The maximum atomic E-state index is 12.4. The summed E-state index contributed by atoms with van der Waals surface area (Å²) in [6.45, 7) is 4.80. The van der Waals surface area contributed by atoms with E-state index < -0.39 is 48.6 Å². The molecule has 38 heavy (non-hydrogen) atoms. The first-order valence-electron chi connectivity index (χ1n) is 11.5. The molecule has 2 unspecified atom stereocenters. The minimum atomic E-state index is -3.50. The summed E-state index contributed by atoms with van der Waals surface area (Å²) >= 11 is 11.6. The van der Waals surface area contributed by atoms with E-state index in [0.717, 1.165) is 0 Å². The summed E-state index contributed by atoms with van der Waals surface area (Å²) in [5, 5.41) is 27.8. The van der Waals surface area contributed by atoms with Crippen molar-refractivity contribution in [2.45, 2.75) is 57.0 Å². The van der Waals surface area contributed by atoms with Gasteiger partial charge < -0.3 is 39.0 Å². The lowest BCUT2D eigenvalue weighted by Gasteiger charge is -2.36. The number of nitrogens with zero attached hydrogens (tertiary/aromatic N) is 1. The van der Waals surface area contributed by atoms with Crippen molar-refractivity contribution in [1.29, 1.82) is 0 Å². The SMILES string of the molecule is C#C[C@@]1(O)[C@H](O)[C@@H](COP(=S)(NC(C)C(=O)OC(C)C)Oc2ccc(Cl)cc2)O[C@H]1N1C=CC(=O)NC1=C. The lowest BCUT2D eigenvalue weighted by molar-refractivity contribution is -0.149. The Hall–Kier alpha value is -2.46. The van der Waals surface area contributed by atoms with E-state index in [1.54, 1.807) is 38.1 Å². The molecule has 14 heteroatoms. The van der Waals surface area contributed by atoms with Gasteiger partial charge in [0.05, 0.1) is 12.7 Å². The van der Waals surface area contributed by atoms with Crippen LogP contribution in [0.1, 0.15) is 20.8 Å². The van der Waals surface area contributed by atoms with Gasteiger partial charge in [-0.15, -0.1) is 6.42 Å². The number of hydrogen-bond acceptors (Lipinski definition) is 10. The van der Waals surface area contributed by atoms with Crippen molar-refractivity contribution in [2.75, 3.05) is 6.61 Å². The number of carbonyl (C=O) groups is 2. The Balaban J connectivity index is 1.81. The molecule has 0 bridgehead atoms. The molecule has 3 rings (SSSR count). The molecule has 1 aromatic carbocycles. The predicted octanol–water partition coefficient (Wildman–Crippen LogP) is 1.76. The second kappa shape index (κ2) is 12.2. The molecule has 0 spiro atoms. The highest BCUT2D eigenvalue weighted by Crippen LogP contribution is 2.47. The van der Waals surface area contributed by atoms with Gasteiger partial charge in [-0.2, -0.15) is 0 Å². The molecule has 0 radical (unpaired) electrons. The molecule has 1 saturated heterocycles. The zero-order chi connectivity index (χ0) is 28.3. The molecule has 1 fully saturated rings. The van der Waals surface area contributed by atoms with E-state index in [2.05, 4.69) is 22.9 Å². The summed E-state index contributed by atoms with van der Waals surface area (Å²) in [5.41, 5.74) is -2.20. The van der Waals surface area contributed by atoms with Gasteiger partial charge in [-0.3, -0.25) is 9.59 Å². The summed E-state index contributed by atoms with van der Waals surface area (Å²) in [5.74, 6) is 1.56. The molecule has 2 aliphatic heterocycles. The molecule has 6 atom stereocenters. The van der Waals surface area contributed by atoms with E-state index in [4.69, 9.17) is 48.4 Å². The van der Waals surface area contributed by atoms with Crippen molar-refractivity contribution in [2.24, 2.45) is 0 Å². The van der Waals surface area contributed by atoms with Gasteiger partial charge in [0.1, 0.15) is 29.8 Å². The number of halogens is 1. The van der Waals surface area contributed by atoms with E-state index in [-0.39, 0.29) is 18.5 Å². The van der Waals surface area contributed by atoms with Gasteiger partial charge in [0.15, 0.2) is 11.8 Å². The van der Waals surface area contributed by atoms with Crippen molar-refractivity contribution in [3.8, 4) is 18.1 Å². The smallest absolute Gasteiger partial charge is 0.323 e. The molecule has 206 valence electrons. The third-order valence-corrected chi connectivity index (χ3v) is 8.19. The zero-order valence-electron chi connectivity index (χ0n) is 20.9. The summed E-state index contributed by atoms with van der Waals surface area (Å²) < 4.78 is 22.9. The number of aliphatic hydroxyl groups excluding tert-OH is 1. The monoisotopic (exact) mass is 585 g/mol. The van der Waals surface area contributed by atoms with Crippen LogP contribution >= 0.6 is 18.2 Å². The molecule has 0 aromatic heterocycles. The number of aliphatic hydroxyl groups is 2. The van der Waals surface area contributed by atoms with Crippen molar-refractivity contribution in [3.05, 3.63) is 54.0 Å². The highest BCUT2D eigenvalue weighted by atomic mass is 35.5. The van der Waals surface area contributed by atoms with Crippen LogP contribution in [0.25, 0.3) is 0 Å². The lowest BCUT2D eigenvalue weighted by atomic mass is 9.94. The maximum Gasteiger partial charge on any atom is 0.323 e. The van der Waals surface area contributed by atoms with Crippen LogP contribution in [0.4, 0.5) is 0 Å². The highest BCUT2D eigenvalue weighted by molar-refractivity contribution is 8.09. The summed E-state index contributed by atoms with van der Waals surface area (Å²) in [6, 6.07) is 5.41. The fraction of sp³-hybridized carbons (Fsp3) is 0.417. The van der Waals surface area contributed by atoms with Crippen LogP contribution in [0.2, 0.25) is 5.02 Å². The van der Waals surface area contributed by atoms with Gasteiger partial charge in [0.25, 0.3) is 5.91 Å². The van der Waals surface area contributed by atoms with Crippen molar-refractivity contribution < 1.29 is 38.3 Å². The Kier molecular flexibility index (Phi) is 9.62. The largest absolute Gasteiger partial charge is 0.462 e. The predicted molar refractivity (Wildman–Crippen MR) is 143 cm³/mol. The van der Waals surface area contributed by atoms with Crippen LogP contribution in [0, 0.1) is 12.3 Å². The van der Waals surface area contributed by atoms with Crippen molar-refractivity contribution in [1.82, 2.24) is 15.3 Å². The molecule has 0 aliphatic carbocycles. The number of hydrogen-bond donors (Lipinski definition) is 4. The van der Waals surface area contributed by atoms with Crippen LogP contribution in [0.3, 0.4) is 0 Å². The molecule has 1 aromatic rings. The molecule has 1 amide bonds. The average molecular weight is 586 g/mol. The first-order chi connectivity index (χ1) is 17.8. The van der Waals surface area contributed by atoms with Gasteiger partial charge in [-0.05, 0) is 56.8 Å². The number of terminal acetylenes is 1. The van der Waals surface area contributed by atoms with Gasteiger partial charge in [0, 0.05) is 17.3 Å². The standard InChI is InChI=1S/C24H29ClN3O8PS/c1-6-24(32)21(30)19(35-23(24)28-12-11-20(29)26-16(28)5)13-33-37(38,27-15(4)22(31)34-14(2)3)36-18-9-7-17(25)8-10-18/h1,7-12,14-15,19,21,23,30,32H,5,13H2,2-4H3,(H,26,29)(H,27,38)/t15?,19-,21-,23-,24-,37?/m1/s1. The number of rotatable bonds is 10. The summed E-state index contributed by atoms with van der Waals surface area (Å²) in [7, 11) is 0. The minimum absolute atomic E-state index is 0.0836. The van der Waals surface area contributed by atoms with Crippen molar-refractivity contribution >= 4 is 41.9 Å². The summed E-state index contributed by atoms with van der Waals surface area (Å²) in [6.07, 6.45) is 3.59. The quantitative estimate of drug-likeness (QED) is 0.181. The Morgan fingerprint density at radius 1 is 1.42 bits per heavy atom. The Morgan fingerprint density at radius 2 is 2.08 bits per heavy atom. The normalized spacial score (nSPS) is 27.4. The zero-order valence-corrected chi connectivity index (χ0v) is 23.3. The Bertz CT molecular complexity index is 1190. The van der Waals surface area contributed by atoms with Gasteiger partial charge in [-0.25, -0.2) is 5.09 Å². The molecular weight excluding hydrogens is 557 g/mol. The second-order valence-electron chi connectivity index (χ2n) is 8.78. The number of ether oxygens (including phenoxy) is 2. The third-order valence-electron chi connectivity index (χ3n) is 5.44. The number of esters is 1. The Morgan fingerprint density at radius 3 is 2.66 bits per heavy atom. The fourth-order valence-corrected chi connectivity index (χ4v) is 6.11. The highest BCUT2D eigenvalue weighted by Gasteiger charge is 2.57. The van der Waals surface area contributed by atoms with Crippen LogP contribution in [0.15, 0.2) is 48.9 Å². The lowest BCUT2D eigenvalue weighted by Crippen LogP contribution is -2.54. The molecule has 0 saturated carbocycles. The van der Waals surface area contributed by atoms with E-state index in [0.29, 0.717) is 10.8 Å². The van der Waals surface area contributed by atoms with Crippen LogP contribution in [0.5, 0.6) is 5.75 Å². The number of carbonyl (C=O) groups excluding carboxylic acids is 2.